The van der Waals surface area contributed by atoms with Crippen molar-refractivity contribution < 1.29 is 17.9 Å². The molecule has 1 aliphatic rings. The van der Waals surface area contributed by atoms with Crippen molar-refractivity contribution in [2.24, 2.45) is 5.73 Å². The van der Waals surface area contributed by atoms with E-state index in [1.165, 1.54) is 6.07 Å². The van der Waals surface area contributed by atoms with Crippen molar-refractivity contribution in [3.63, 3.8) is 0 Å². The first-order valence-corrected chi connectivity index (χ1v) is 7.14. The molecule has 1 saturated heterocycles. The van der Waals surface area contributed by atoms with Crippen LogP contribution < -0.4 is 10.6 Å². The number of hydrogen-bond acceptors (Lipinski definition) is 3. The number of anilines is 1. The second kappa shape index (κ2) is 6.66. The molecule has 1 aromatic carbocycles. The zero-order chi connectivity index (χ0) is 15.5. The van der Waals surface area contributed by atoms with Crippen LogP contribution in [0.5, 0.6) is 0 Å². The van der Waals surface area contributed by atoms with Gasteiger partial charge in [0, 0.05) is 32.0 Å². The fraction of sp³-hybridized carbons (Fsp3) is 0.600. The lowest BCUT2D eigenvalue weighted by Gasteiger charge is -2.33. The minimum atomic E-state index is -4.35. The van der Waals surface area contributed by atoms with E-state index in [0.29, 0.717) is 18.9 Å². The van der Waals surface area contributed by atoms with Gasteiger partial charge in [0.25, 0.3) is 0 Å². The molecule has 2 rings (SSSR count). The largest absolute Gasteiger partial charge is 0.416 e. The highest BCUT2D eigenvalue weighted by molar-refractivity contribution is 5.52. The number of alkyl halides is 3. The molecule has 118 valence electrons. The average molecular weight is 302 g/mol. The number of benzene rings is 1. The molecule has 0 bridgehead atoms. The van der Waals surface area contributed by atoms with E-state index >= 15 is 0 Å². The summed E-state index contributed by atoms with van der Waals surface area (Å²) in [5, 5.41) is 0. The van der Waals surface area contributed by atoms with Gasteiger partial charge >= 0.3 is 6.18 Å². The maximum Gasteiger partial charge on any atom is 0.416 e. The third-order valence-electron chi connectivity index (χ3n) is 3.96. The summed E-state index contributed by atoms with van der Waals surface area (Å²) in [7, 11) is 1.84. The molecule has 2 N–H and O–H groups in total. The second-order valence-electron chi connectivity index (χ2n) is 5.33. The van der Waals surface area contributed by atoms with Crippen LogP contribution in [0.2, 0.25) is 0 Å². The first kappa shape index (κ1) is 16.1. The summed E-state index contributed by atoms with van der Waals surface area (Å²) in [5.41, 5.74) is 5.67. The lowest BCUT2D eigenvalue weighted by atomic mass is 10.0. The number of ether oxygens (including phenoxy) is 1. The Morgan fingerprint density at radius 3 is 2.52 bits per heavy atom. The van der Waals surface area contributed by atoms with Crippen LogP contribution in [-0.2, 0) is 17.3 Å². The molecule has 0 unspecified atom stereocenters. The minimum absolute atomic E-state index is 0.207. The Labute approximate surface area is 122 Å². The Morgan fingerprint density at radius 2 is 1.95 bits per heavy atom. The molecule has 0 amide bonds. The fourth-order valence-corrected chi connectivity index (χ4v) is 2.70. The van der Waals surface area contributed by atoms with Crippen LogP contribution in [0.1, 0.15) is 24.0 Å². The average Bonchev–Trinajstić information content (AvgIpc) is 2.47. The van der Waals surface area contributed by atoms with Crippen molar-refractivity contribution in [2.75, 3.05) is 31.7 Å². The molecule has 0 saturated carbocycles. The summed E-state index contributed by atoms with van der Waals surface area (Å²) in [6.07, 6.45) is -2.45. The molecule has 0 radical (unpaired) electrons. The van der Waals surface area contributed by atoms with Gasteiger partial charge in [0.1, 0.15) is 0 Å². The monoisotopic (exact) mass is 302 g/mol. The molecular formula is C15H21F3N2O. The molecule has 0 atom stereocenters. The van der Waals surface area contributed by atoms with Crippen molar-refractivity contribution in [3.05, 3.63) is 29.3 Å². The Morgan fingerprint density at radius 1 is 1.29 bits per heavy atom. The van der Waals surface area contributed by atoms with E-state index in [1.54, 1.807) is 12.1 Å². The second-order valence-corrected chi connectivity index (χ2v) is 5.33. The van der Waals surface area contributed by atoms with Crippen LogP contribution >= 0.6 is 0 Å². The third kappa shape index (κ3) is 3.89. The van der Waals surface area contributed by atoms with E-state index in [2.05, 4.69) is 0 Å². The zero-order valence-corrected chi connectivity index (χ0v) is 12.1. The maximum absolute atomic E-state index is 13.2. The lowest BCUT2D eigenvalue weighted by molar-refractivity contribution is -0.138. The maximum atomic E-state index is 13.2. The highest BCUT2D eigenvalue weighted by Crippen LogP contribution is 2.35. The van der Waals surface area contributed by atoms with Crippen molar-refractivity contribution in [1.82, 2.24) is 0 Å². The number of halogens is 3. The molecule has 0 aromatic heterocycles. The van der Waals surface area contributed by atoms with Crippen LogP contribution in [0.25, 0.3) is 0 Å². The molecule has 6 heteroatoms. The predicted octanol–water partition coefficient (Wildman–Crippen LogP) is 2.82. The molecule has 0 spiro atoms. The first-order valence-electron chi connectivity index (χ1n) is 7.14. The Balaban J connectivity index is 2.27. The van der Waals surface area contributed by atoms with Gasteiger partial charge in [0.2, 0.25) is 0 Å². The van der Waals surface area contributed by atoms with Crippen LogP contribution in [0.4, 0.5) is 18.9 Å². The number of rotatable bonds is 4. The quantitative estimate of drug-likeness (QED) is 0.929. The van der Waals surface area contributed by atoms with Crippen LogP contribution in [-0.4, -0.2) is 32.8 Å². The fourth-order valence-electron chi connectivity index (χ4n) is 2.70. The Hall–Kier alpha value is -1.27. The molecular weight excluding hydrogens is 281 g/mol. The lowest BCUT2D eigenvalue weighted by Crippen LogP contribution is -2.36. The number of nitrogens with zero attached hydrogens (tertiary/aromatic N) is 1. The van der Waals surface area contributed by atoms with Crippen molar-refractivity contribution in [1.29, 1.82) is 0 Å². The standard InChI is InChI=1S/C15H21F3N2O/c1-20(12-5-8-21-9-6-12)13-3-2-11(4-7-19)14(10-13)15(16,17)18/h2-3,10,12H,4-9,19H2,1H3. The van der Waals surface area contributed by atoms with Gasteiger partial charge in [0.15, 0.2) is 0 Å². The highest BCUT2D eigenvalue weighted by Gasteiger charge is 2.34. The van der Waals surface area contributed by atoms with Gasteiger partial charge in [0.05, 0.1) is 5.56 Å². The van der Waals surface area contributed by atoms with E-state index in [1.807, 2.05) is 11.9 Å². The molecule has 21 heavy (non-hydrogen) atoms. The summed E-state index contributed by atoms with van der Waals surface area (Å²) in [5.74, 6) is 0. The smallest absolute Gasteiger partial charge is 0.381 e. The predicted molar refractivity (Wildman–Crippen MR) is 76.4 cm³/mol. The van der Waals surface area contributed by atoms with E-state index in [-0.39, 0.29) is 24.6 Å². The normalized spacial score (nSPS) is 17.0. The molecule has 1 heterocycles. The summed E-state index contributed by atoms with van der Waals surface area (Å²) in [4.78, 5) is 1.92. The van der Waals surface area contributed by atoms with Gasteiger partial charge in [-0.15, -0.1) is 0 Å². The SMILES string of the molecule is CN(c1ccc(CCN)c(C(F)(F)F)c1)C1CCOCC1. The molecule has 0 aliphatic carbocycles. The minimum Gasteiger partial charge on any atom is -0.381 e. The Bertz CT molecular complexity index is 470. The first-order chi connectivity index (χ1) is 9.93. The number of nitrogens with two attached hydrogens (primary N) is 1. The van der Waals surface area contributed by atoms with Gasteiger partial charge in [-0.25, -0.2) is 0 Å². The van der Waals surface area contributed by atoms with Gasteiger partial charge in [-0.1, -0.05) is 6.07 Å². The van der Waals surface area contributed by atoms with Crippen molar-refractivity contribution >= 4 is 5.69 Å². The molecule has 1 aliphatic heterocycles. The third-order valence-corrected chi connectivity index (χ3v) is 3.96. The summed E-state index contributed by atoms with van der Waals surface area (Å²) in [6, 6.07) is 4.75. The topological polar surface area (TPSA) is 38.5 Å². The van der Waals surface area contributed by atoms with E-state index in [4.69, 9.17) is 10.5 Å². The van der Waals surface area contributed by atoms with Crippen molar-refractivity contribution in [3.8, 4) is 0 Å². The van der Waals surface area contributed by atoms with E-state index < -0.39 is 11.7 Å². The highest BCUT2D eigenvalue weighted by atomic mass is 19.4. The van der Waals surface area contributed by atoms with Crippen LogP contribution in [0.15, 0.2) is 18.2 Å². The summed E-state index contributed by atoms with van der Waals surface area (Å²) in [6.45, 7) is 1.52. The van der Waals surface area contributed by atoms with Crippen molar-refractivity contribution in [2.45, 2.75) is 31.5 Å². The summed E-state index contributed by atoms with van der Waals surface area (Å²) >= 11 is 0. The zero-order valence-electron chi connectivity index (χ0n) is 12.1. The van der Waals surface area contributed by atoms with E-state index in [9.17, 15) is 13.2 Å². The van der Waals surface area contributed by atoms with Gasteiger partial charge in [-0.2, -0.15) is 13.2 Å². The molecule has 3 nitrogen and oxygen atoms in total. The van der Waals surface area contributed by atoms with Gasteiger partial charge in [-0.3, -0.25) is 0 Å². The van der Waals surface area contributed by atoms with Crippen LogP contribution in [0.3, 0.4) is 0 Å². The molecule has 1 fully saturated rings. The Kier molecular flexibility index (Phi) is 5.11. The van der Waals surface area contributed by atoms with Crippen LogP contribution in [0, 0.1) is 0 Å². The summed E-state index contributed by atoms with van der Waals surface area (Å²) < 4.78 is 44.8. The molecule has 1 aromatic rings. The van der Waals surface area contributed by atoms with E-state index in [0.717, 1.165) is 12.8 Å². The number of hydrogen-bond donors (Lipinski definition) is 1. The van der Waals surface area contributed by atoms with Gasteiger partial charge < -0.3 is 15.4 Å². The van der Waals surface area contributed by atoms with Gasteiger partial charge in [-0.05, 0) is 43.5 Å².